The summed E-state index contributed by atoms with van der Waals surface area (Å²) in [6, 6.07) is 7.07. The van der Waals surface area contributed by atoms with E-state index in [0.717, 1.165) is 4.90 Å². The molecular formula is C22H28F2N4O5. The van der Waals surface area contributed by atoms with Crippen LogP contribution < -0.4 is 16.0 Å². The van der Waals surface area contributed by atoms with Gasteiger partial charge in [0.25, 0.3) is 0 Å². The van der Waals surface area contributed by atoms with E-state index < -0.39 is 52.2 Å². The largest absolute Gasteiger partial charge is 0.480 e. The predicted octanol–water partition coefficient (Wildman–Crippen LogP) is 2.69. The normalized spacial score (nSPS) is 11.8. The van der Waals surface area contributed by atoms with Gasteiger partial charge >= 0.3 is 11.7 Å². The van der Waals surface area contributed by atoms with Gasteiger partial charge in [-0.05, 0) is 31.4 Å². The summed E-state index contributed by atoms with van der Waals surface area (Å²) in [7, 11) is 1.33. The van der Waals surface area contributed by atoms with Crippen molar-refractivity contribution < 1.29 is 28.7 Å². The van der Waals surface area contributed by atoms with Crippen LogP contribution >= 0.6 is 0 Å². The summed E-state index contributed by atoms with van der Waals surface area (Å²) in [6.45, 7) is -0.264. The number of nitrogens with one attached hydrogen (secondary N) is 1. The SMILES string of the molecule is CN(CCO)c1c(F)c(CCCCN)c([N+](=O)[O-])c(N[C@@H](Cc2ccccc2)C(=O)O)c1F. The van der Waals surface area contributed by atoms with Crippen LogP contribution in [0.3, 0.4) is 0 Å². The van der Waals surface area contributed by atoms with Crippen molar-refractivity contribution in [2.24, 2.45) is 5.73 Å². The third-order valence-electron chi connectivity index (χ3n) is 5.20. The molecule has 0 fully saturated rings. The van der Waals surface area contributed by atoms with Crippen molar-refractivity contribution in [1.82, 2.24) is 0 Å². The van der Waals surface area contributed by atoms with Crippen LogP contribution in [0.25, 0.3) is 0 Å². The van der Waals surface area contributed by atoms with Crippen molar-refractivity contribution in [3.63, 3.8) is 0 Å². The number of carbonyl (C=O) groups is 1. The van der Waals surface area contributed by atoms with Crippen molar-refractivity contribution in [2.45, 2.75) is 31.7 Å². The number of nitrogens with zero attached hydrogens (tertiary/aromatic N) is 2. The smallest absolute Gasteiger partial charge is 0.326 e. The summed E-state index contributed by atoms with van der Waals surface area (Å²) < 4.78 is 30.9. The Morgan fingerprint density at radius 1 is 1.24 bits per heavy atom. The number of aliphatic hydroxyl groups is 1. The highest BCUT2D eigenvalue weighted by Gasteiger charge is 2.35. The Morgan fingerprint density at radius 2 is 1.91 bits per heavy atom. The van der Waals surface area contributed by atoms with Gasteiger partial charge in [-0.3, -0.25) is 10.1 Å². The van der Waals surface area contributed by atoms with Crippen LogP contribution in [0.5, 0.6) is 0 Å². The fourth-order valence-electron chi connectivity index (χ4n) is 3.54. The van der Waals surface area contributed by atoms with Gasteiger partial charge in [0, 0.05) is 20.0 Å². The lowest BCUT2D eigenvalue weighted by Gasteiger charge is -2.24. The molecule has 33 heavy (non-hydrogen) atoms. The first-order valence-electron chi connectivity index (χ1n) is 10.5. The van der Waals surface area contributed by atoms with Crippen molar-refractivity contribution in [2.75, 3.05) is 37.0 Å². The molecule has 0 aliphatic heterocycles. The number of benzene rings is 2. The highest BCUT2D eigenvalue weighted by Crippen LogP contribution is 2.41. The van der Waals surface area contributed by atoms with Crippen LogP contribution in [0.1, 0.15) is 24.0 Å². The molecule has 0 saturated carbocycles. The van der Waals surface area contributed by atoms with E-state index in [1.807, 2.05) is 0 Å². The van der Waals surface area contributed by atoms with Gasteiger partial charge in [0.2, 0.25) is 0 Å². The minimum absolute atomic E-state index is 0.0888. The molecule has 0 unspecified atom stereocenters. The molecule has 2 aromatic carbocycles. The van der Waals surface area contributed by atoms with Gasteiger partial charge in [-0.15, -0.1) is 0 Å². The van der Waals surface area contributed by atoms with Crippen LogP contribution in [0.4, 0.5) is 25.8 Å². The van der Waals surface area contributed by atoms with E-state index in [4.69, 9.17) is 5.73 Å². The maximum absolute atomic E-state index is 15.5. The third-order valence-corrected chi connectivity index (χ3v) is 5.20. The molecule has 0 aliphatic carbocycles. The topological polar surface area (TPSA) is 142 Å². The number of unbranched alkanes of at least 4 members (excludes halogenated alkanes) is 1. The van der Waals surface area contributed by atoms with Crippen molar-refractivity contribution in [1.29, 1.82) is 0 Å². The average molecular weight is 466 g/mol. The molecule has 2 rings (SSSR count). The second kappa shape index (κ2) is 12.1. The van der Waals surface area contributed by atoms with Crippen LogP contribution in [0.2, 0.25) is 0 Å². The number of aliphatic hydroxyl groups excluding tert-OH is 1. The molecule has 1 atom stereocenters. The number of hydrogen-bond donors (Lipinski definition) is 4. The Kier molecular flexibility index (Phi) is 9.49. The third kappa shape index (κ3) is 6.36. The number of nitro groups is 1. The highest BCUT2D eigenvalue weighted by atomic mass is 19.1. The highest BCUT2D eigenvalue weighted by molar-refractivity contribution is 5.82. The fourth-order valence-corrected chi connectivity index (χ4v) is 3.54. The Morgan fingerprint density at radius 3 is 2.45 bits per heavy atom. The number of aliphatic carboxylic acids is 1. The molecule has 0 spiro atoms. The lowest BCUT2D eigenvalue weighted by molar-refractivity contribution is -0.385. The lowest BCUT2D eigenvalue weighted by atomic mass is 10.00. The molecule has 2 aromatic rings. The zero-order chi connectivity index (χ0) is 24.5. The summed E-state index contributed by atoms with van der Waals surface area (Å²) in [5, 5.41) is 33.3. The average Bonchev–Trinajstić information content (AvgIpc) is 2.76. The summed E-state index contributed by atoms with van der Waals surface area (Å²) >= 11 is 0. The molecule has 0 amide bonds. The van der Waals surface area contributed by atoms with Gasteiger partial charge in [-0.2, -0.15) is 0 Å². The monoisotopic (exact) mass is 466 g/mol. The van der Waals surface area contributed by atoms with Crippen LogP contribution in [0.15, 0.2) is 30.3 Å². The number of hydrogen-bond acceptors (Lipinski definition) is 7. The molecule has 11 heteroatoms. The minimum Gasteiger partial charge on any atom is -0.480 e. The Labute approximate surface area is 190 Å². The molecule has 180 valence electrons. The lowest BCUT2D eigenvalue weighted by Crippen LogP contribution is -2.33. The van der Waals surface area contributed by atoms with E-state index in [-0.39, 0.29) is 31.5 Å². The predicted molar refractivity (Wildman–Crippen MR) is 121 cm³/mol. The molecule has 0 aromatic heterocycles. The minimum atomic E-state index is -1.42. The van der Waals surface area contributed by atoms with Gasteiger partial charge in [0.1, 0.15) is 11.7 Å². The second-order valence-electron chi connectivity index (χ2n) is 7.55. The number of carboxylic acids is 1. The van der Waals surface area contributed by atoms with Gasteiger partial charge in [-0.25, -0.2) is 13.6 Å². The van der Waals surface area contributed by atoms with Gasteiger partial charge in [0.15, 0.2) is 17.3 Å². The van der Waals surface area contributed by atoms with Crippen LogP contribution in [-0.2, 0) is 17.6 Å². The number of carboxylic acid groups (broad SMARTS) is 1. The number of anilines is 2. The Bertz CT molecular complexity index is 975. The molecule has 0 bridgehead atoms. The van der Waals surface area contributed by atoms with Crippen molar-refractivity contribution >= 4 is 23.0 Å². The first-order chi connectivity index (χ1) is 15.7. The summed E-state index contributed by atoms with van der Waals surface area (Å²) in [4.78, 5) is 24.0. The van der Waals surface area contributed by atoms with E-state index in [9.17, 15) is 25.1 Å². The maximum atomic E-state index is 15.5. The molecule has 0 heterocycles. The van der Waals surface area contributed by atoms with Crippen molar-refractivity contribution in [3.05, 3.63) is 63.2 Å². The Hall–Kier alpha value is -3.31. The first-order valence-corrected chi connectivity index (χ1v) is 10.5. The summed E-state index contributed by atoms with van der Waals surface area (Å²) in [5.74, 6) is -3.77. The second-order valence-corrected chi connectivity index (χ2v) is 7.55. The maximum Gasteiger partial charge on any atom is 0.326 e. The summed E-state index contributed by atoms with van der Waals surface area (Å²) in [6.07, 6.45) is 0.596. The van der Waals surface area contributed by atoms with Crippen LogP contribution in [-0.4, -0.2) is 53.9 Å². The number of halogens is 2. The first kappa shape index (κ1) is 25.9. The van der Waals surface area contributed by atoms with E-state index >= 15 is 8.78 Å². The van der Waals surface area contributed by atoms with E-state index in [1.54, 1.807) is 30.3 Å². The fraction of sp³-hybridized carbons (Fsp3) is 0.409. The standard InChI is InChI=1S/C22H28F2N4O5/c1-27(11-12-29)21-17(23)15(9-5-6-10-25)20(28(32)33)19(18(21)24)26-16(22(30)31)13-14-7-3-2-4-8-14/h2-4,7-8,16,26,29H,5-6,9-13,25H2,1H3,(H,30,31)/t16-/m0/s1. The van der Waals surface area contributed by atoms with Crippen LogP contribution in [0, 0.1) is 21.7 Å². The number of likely N-dealkylation sites (N-methyl/N-ethyl adjacent to an activating group) is 1. The quantitative estimate of drug-likeness (QED) is 0.201. The zero-order valence-electron chi connectivity index (χ0n) is 18.3. The molecule has 0 saturated heterocycles. The molecular weight excluding hydrogens is 438 g/mol. The van der Waals surface area contributed by atoms with Crippen molar-refractivity contribution in [3.8, 4) is 0 Å². The van der Waals surface area contributed by atoms with E-state index in [1.165, 1.54) is 7.05 Å². The zero-order valence-corrected chi connectivity index (χ0v) is 18.3. The molecule has 0 radical (unpaired) electrons. The summed E-state index contributed by atoms with van der Waals surface area (Å²) in [5.41, 5.74) is 3.61. The molecule has 5 N–H and O–H groups in total. The molecule has 0 aliphatic rings. The Balaban J connectivity index is 2.65. The number of nitro benzene ring substituents is 1. The molecule has 9 nitrogen and oxygen atoms in total. The van der Waals surface area contributed by atoms with Gasteiger partial charge in [0.05, 0.1) is 17.1 Å². The number of rotatable bonds is 13. The van der Waals surface area contributed by atoms with E-state index in [0.29, 0.717) is 18.4 Å². The van der Waals surface area contributed by atoms with E-state index in [2.05, 4.69) is 5.32 Å². The van der Waals surface area contributed by atoms with Gasteiger partial charge in [-0.1, -0.05) is 30.3 Å². The van der Waals surface area contributed by atoms with Gasteiger partial charge < -0.3 is 26.2 Å². The number of nitrogens with two attached hydrogens (primary N) is 1.